The molecule has 0 aromatic carbocycles. The SMILES string of the molecule is C=CC1CCCN(C2CCN(C)CC2)C1. The monoisotopic (exact) mass is 208 g/mol. The van der Waals surface area contributed by atoms with Crippen molar-refractivity contribution < 1.29 is 0 Å². The van der Waals surface area contributed by atoms with Gasteiger partial charge in [-0.3, -0.25) is 4.90 Å². The summed E-state index contributed by atoms with van der Waals surface area (Å²) < 4.78 is 0. The predicted octanol–water partition coefficient (Wildman–Crippen LogP) is 1.98. The van der Waals surface area contributed by atoms with Crippen LogP contribution >= 0.6 is 0 Å². The number of hydrogen-bond acceptors (Lipinski definition) is 2. The maximum Gasteiger partial charge on any atom is 0.0120 e. The molecule has 2 aliphatic heterocycles. The lowest BCUT2D eigenvalue weighted by atomic mass is 9.94. The number of piperidine rings is 2. The lowest BCUT2D eigenvalue weighted by Crippen LogP contribution is -2.47. The molecule has 2 heteroatoms. The van der Waals surface area contributed by atoms with Crippen LogP contribution in [0.3, 0.4) is 0 Å². The Morgan fingerprint density at radius 3 is 2.53 bits per heavy atom. The van der Waals surface area contributed by atoms with Crippen molar-refractivity contribution >= 4 is 0 Å². The lowest BCUT2D eigenvalue weighted by molar-refractivity contribution is 0.0887. The smallest absolute Gasteiger partial charge is 0.0120 e. The third-order valence-corrected chi connectivity index (χ3v) is 4.03. The van der Waals surface area contributed by atoms with E-state index in [-0.39, 0.29) is 0 Å². The van der Waals surface area contributed by atoms with E-state index in [9.17, 15) is 0 Å². The number of rotatable bonds is 2. The molecule has 0 N–H and O–H groups in total. The van der Waals surface area contributed by atoms with Crippen LogP contribution in [0.4, 0.5) is 0 Å². The van der Waals surface area contributed by atoms with Crippen LogP contribution in [-0.4, -0.2) is 49.1 Å². The highest BCUT2D eigenvalue weighted by Gasteiger charge is 2.26. The molecule has 1 atom stereocenters. The largest absolute Gasteiger partial charge is 0.306 e. The number of nitrogens with zero attached hydrogens (tertiary/aromatic N) is 2. The molecule has 2 aliphatic rings. The van der Waals surface area contributed by atoms with E-state index in [1.54, 1.807) is 0 Å². The Hall–Kier alpha value is -0.340. The number of hydrogen-bond donors (Lipinski definition) is 0. The Morgan fingerprint density at radius 1 is 1.13 bits per heavy atom. The van der Waals surface area contributed by atoms with Gasteiger partial charge in [-0.1, -0.05) is 6.08 Å². The highest BCUT2D eigenvalue weighted by molar-refractivity contribution is 4.89. The van der Waals surface area contributed by atoms with E-state index in [1.807, 2.05) is 0 Å². The first-order valence-electron chi connectivity index (χ1n) is 6.34. The second-order valence-electron chi connectivity index (χ2n) is 5.17. The van der Waals surface area contributed by atoms with Gasteiger partial charge in [-0.05, 0) is 58.3 Å². The molecule has 15 heavy (non-hydrogen) atoms. The summed E-state index contributed by atoms with van der Waals surface area (Å²) >= 11 is 0. The van der Waals surface area contributed by atoms with Gasteiger partial charge in [-0.25, -0.2) is 0 Å². The standard InChI is InChI=1S/C13H24N2/c1-3-12-5-4-8-15(11-12)13-6-9-14(2)10-7-13/h3,12-13H,1,4-11H2,2H3. The first-order chi connectivity index (χ1) is 7.29. The fourth-order valence-corrected chi connectivity index (χ4v) is 2.92. The van der Waals surface area contributed by atoms with Crippen molar-refractivity contribution in [1.29, 1.82) is 0 Å². The minimum atomic E-state index is 0.749. The quantitative estimate of drug-likeness (QED) is 0.640. The highest BCUT2D eigenvalue weighted by atomic mass is 15.2. The minimum Gasteiger partial charge on any atom is -0.306 e. The van der Waals surface area contributed by atoms with Gasteiger partial charge in [0.05, 0.1) is 0 Å². The Bertz CT molecular complexity index is 207. The van der Waals surface area contributed by atoms with Crippen molar-refractivity contribution in [2.45, 2.75) is 31.7 Å². The Morgan fingerprint density at radius 2 is 1.87 bits per heavy atom. The molecular formula is C13H24N2. The summed E-state index contributed by atoms with van der Waals surface area (Å²) in [5.41, 5.74) is 0. The molecule has 2 heterocycles. The molecule has 0 amide bonds. The van der Waals surface area contributed by atoms with Gasteiger partial charge in [0, 0.05) is 12.6 Å². The van der Waals surface area contributed by atoms with Gasteiger partial charge in [0.2, 0.25) is 0 Å². The molecule has 86 valence electrons. The van der Waals surface area contributed by atoms with Crippen LogP contribution in [0.5, 0.6) is 0 Å². The zero-order chi connectivity index (χ0) is 10.7. The fourth-order valence-electron chi connectivity index (χ4n) is 2.92. The van der Waals surface area contributed by atoms with Crippen LogP contribution in [0.15, 0.2) is 12.7 Å². The van der Waals surface area contributed by atoms with Crippen molar-refractivity contribution in [3.05, 3.63) is 12.7 Å². The molecule has 0 saturated carbocycles. The second kappa shape index (κ2) is 5.13. The van der Waals surface area contributed by atoms with Crippen molar-refractivity contribution in [2.24, 2.45) is 5.92 Å². The topological polar surface area (TPSA) is 6.48 Å². The molecule has 0 aliphatic carbocycles. The maximum absolute atomic E-state index is 3.94. The van der Waals surface area contributed by atoms with E-state index >= 15 is 0 Å². The van der Waals surface area contributed by atoms with Gasteiger partial charge < -0.3 is 4.90 Å². The molecule has 2 rings (SSSR count). The minimum absolute atomic E-state index is 0.749. The van der Waals surface area contributed by atoms with Crippen LogP contribution < -0.4 is 0 Å². The summed E-state index contributed by atoms with van der Waals surface area (Å²) in [5, 5.41) is 0. The summed E-state index contributed by atoms with van der Waals surface area (Å²) in [6.45, 7) is 9.08. The molecule has 0 aromatic rings. The summed E-state index contributed by atoms with van der Waals surface area (Å²) in [7, 11) is 2.24. The Balaban J connectivity index is 1.84. The normalized spacial score (nSPS) is 31.7. The summed E-state index contributed by atoms with van der Waals surface area (Å²) in [6.07, 6.45) is 7.59. The maximum atomic E-state index is 3.94. The molecule has 1 unspecified atom stereocenters. The van der Waals surface area contributed by atoms with E-state index in [0.717, 1.165) is 12.0 Å². The first-order valence-corrected chi connectivity index (χ1v) is 6.34. The zero-order valence-corrected chi connectivity index (χ0v) is 9.99. The highest BCUT2D eigenvalue weighted by Crippen LogP contribution is 2.23. The molecule has 0 radical (unpaired) electrons. The van der Waals surface area contributed by atoms with E-state index in [2.05, 4.69) is 29.5 Å². The average molecular weight is 208 g/mol. The third-order valence-electron chi connectivity index (χ3n) is 4.03. The van der Waals surface area contributed by atoms with E-state index in [4.69, 9.17) is 0 Å². The van der Waals surface area contributed by atoms with Gasteiger partial charge in [0.15, 0.2) is 0 Å². The van der Waals surface area contributed by atoms with E-state index in [1.165, 1.54) is 51.9 Å². The summed E-state index contributed by atoms with van der Waals surface area (Å²) in [6, 6.07) is 0.851. The second-order valence-corrected chi connectivity index (χ2v) is 5.17. The van der Waals surface area contributed by atoms with Crippen molar-refractivity contribution in [3.63, 3.8) is 0 Å². The van der Waals surface area contributed by atoms with Crippen molar-refractivity contribution in [2.75, 3.05) is 33.2 Å². The van der Waals surface area contributed by atoms with Crippen LogP contribution in [0.1, 0.15) is 25.7 Å². The van der Waals surface area contributed by atoms with E-state index in [0.29, 0.717) is 0 Å². The molecule has 0 bridgehead atoms. The van der Waals surface area contributed by atoms with Crippen LogP contribution in [0.2, 0.25) is 0 Å². The Kier molecular flexibility index (Phi) is 3.81. The van der Waals surface area contributed by atoms with Gasteiger partial charge in [0.1, 0.15) is 0 Å². The molecule has 2 saturated heterocycles. The van der Waals surface area contributed by atoms with Gasteiger partial charge in [-0.2, -0.15) is 0 Å². The fraction of sp³-hybridized carbons (Fsp3) is 0.846. The summed E-state index contributed by atoms with van der Waals surface area (Å²) in [5.74, 6) is 0.749. The van der Waals surface area contributed by atoms with Crippen LogP contribution in [0, 0.1) is 5.92 Å². The predicted molar refractivity (Wildman–Crippen MR) is 65.0 cm³/mol. The van der Waals surface area contributed by atoms with E-state index < -0.39 is 0 Å². The zero-order valence-electron chi connectivity index (χ0n) is 9.99. The first kappa shape index (κ1) is 11.2. The average Bonchev–Trinajstić information content (AvgIpc) is 2.30. The molecular weight excluding hydrogens is 184 g/mol. The molecule has 0 aromatic heterocycles. The third kappa shape index (κ3) is 2.82. The van der Waals surface area contributed by atoms with Crippen LogP contribution in [0.25, 0.3) is 0 Å². The van der Waals surface area contributed by atoms with Crippen LogP contribution in [-0.2, 0) is 0 Å². The molecule has 0 spiro atoms. The Labute approximate surface area is 93.9 Å². The van der Waals surface area contributed by atoms with Crippen molar-refractivity contribution in [1.82, 2.24) is 9.80 Å². The number of likely N-dealkylation sites (tertiary alicyclic amines) is 2. The summed E-state index contributed by atoms with van der Waals surface area (Å²) in [4.78, 5) is 5.16. The lowest BCUT2D eigenvalue weighted by Gasteiger charge is -2.41. The van der Waals surface area contributed by atoms with Crippen molar-refractivity contribution in [3.8, 4) is 0 Å². The van der Waals surface area contributed by atoms with Gasteiger partial charge >= 0.3 is 0 Å². The van der Waals surface area contributed by atoms with Gasteiger partial charge in [-0.15, -0.1) is 6.58 Å². The molecule has 2 fully saturated rings. The molecule has 2 nitrogen and oxygen atoms in total. The van der Waals surface area contributed by atoms with Gasteiger partial charge in [0.25, 0.3) is 0 Å².